The molecule has 0 saturated heterocycles. The van der Waals surface area contributed by atoms with E-state index in [1.54, 1.807) is 32.0 Å². The molecule has 1 amide bonds. The molecule has 0 aliphatic heterocycles. The van der Waals surface area contributed by atoms with Gasteiger partial charge in [0.05, 0.1) is 11.0 Å². The van der Waals surface area contributed by atoms with Crippen LogP contribution < -0.4 is 5.32 Å². The van der Waals surface area contributed by atoms with Crippen molar-refractivity contribution in [2.45, 2.75) is 31.4 Å². The van der Waals surface area contributed by atoms with Crippen molar-refractivity contribution in [3.63, 3.8) is 0 Å². The van der Waals surface area contributed by atoms with Crippen LogP contribution in [0.4, 0.5) is 4.39 Å². The summed E-state index contributed by atoms with van der Waals surface area (Å²) in [5, 5.41) is 2.17. The summed E-state index contributed by atoms with van der Waals surface area (Å²) < 4.78 is 37.9. The quantitative estimate of drug-likeness (QED) is 0.768. The first-order valence-corrected chi connectivity index (χ1v) is 10.3. The van der Waals surface area contributed by atoms with E-state index in [1.807, 2.05) is 30.3 Å². The molecular formula is C20H24FNO3S. The van der Waals surface area contributed by atoms with Crippen molar-refractivity contribution in [2.75, 3.05) is 12.3 Å². The zero-order chi connectivity index (χ0) is 19.2. The third kappa shape index (κ3) is 5.39. The number of nitrogens with one attached hydrogen (secondary N) is 1. The fourth-order valence-electron chi connectivity index (χ4n) is 2.68. The SMILES string of the molecule is CC(C)S(=O)(=O)CCNC(=O)C[C@H](c1ccccc1)c1ccccc1F. The average Bonchev–Trinajstić information content (AvgIpc) is 2.61. The first-order chi connectivity index (χ1) is 12.3. The van der Waals surface area contributed by atoms with E-state index >= 15 is 0 Å². The van der Waals surface area contributed by atoms with Crippen LogP contribution in [0.3, 0.4) is 0 Å². The summed E-state index contributed by atoms with van der Waals surface area (Å²) in [5.74, 6) is -1.21. The Morgan fingerprint density at radius 2 is 1.65 bits per heavy atom. The Balaban J connectivity index is 2.10. The maximum atomic E-state index is 14.3. The van der Waals surface area contributed by atoms with Crippen LogP contribution >= 0.6 is 0 Å². The van der Waals surface area contributed by atoms with Crippen molar-refractivity contribution in [2.24, 2.45) is 0 Å². The highest BCUT2D eigenvalue weighted by Gasteiger charge is 2.22. The number of carbonyl (C=O) groups excluding carboxylic acids is 1. The van der Waals surface area contributed by atoms with Crippen LogP contribution in [-0.2, 0) is 14.6 Å². The van der Waals surface area contributed by atoms with Gasteiger partial charge in [-0.05, 0) is 31.0 Å². The smallest absolute Gasteiger partial charge is 0.220 e. The summed E-state index contributed by atoms with van der Waals surface area (Å²) in [6.07, 6.45) is 0.0483. The average molecular weight is 377 g/mol. The van der Waals surface area contributed by atoms with Gasteiger partial charge in [-0.3, -0.25) is 4.79 Å². The number of hydrogen-bond donors (Lipinski definition) is 1. The van der Waals surface area contributed by atoms with E-state index in [4.69, 9.17) is 0 Å². The number of benzene rings is 2. The summed E-state index contributed by atoms with van der Waals surface area (Å²) in [5.41, 5.74) is 1.28. The van der Waals surface area contributed by atoms with Crippen molar-refractivity contribution in [1.82, 2.24) is 5.32 Å². The van der Waals surface area contributed by atoms with Gasteiger partial charge in [0.15, 0.2) is 9.84 Å². The standard InChI is InChI=1S/C20H24FNO3S/c1-15(2)26(24,25)13-12-22-20(23)14-18(16-8-4-3-5-9-16)17-10-6-7-11-19(17)21/h3-11,15,18H,12-14H2,1-2H3,(H,22,23)/t18-/m1/s1. The van der Waals surface area contributed by atoms with Gasteiger partial charge in [0.1, 0.15) is 5.82 Å². The van der Waals surface area contributed by atoms with Gasteiger partial charge in [-0.25, -0.2) is 12.8 Å². The van der Waals surface area contributed by atoms with Crippen LogP contribution in [0.25, 0.3) is 0 Å². The minimum absolute atomic E-state index is 0.0483. The van der Waals surface area contributed by atoms with Crippen LogP contribution in [0.15, 0.2) is 54.6 Å². The normalized spacial score (nSPS) is 12.8. The molecule has 0 saturated carbocycles. The van der Waals surface area contributed by atoms with Crippen LogP contribution in [0.5, 0.6) is 0 Å². The summed E-state index contributed by atoms with van der Waals surface area (Å²) in [4.78, 5) is 12.3. The molecule has 0 bridgehead atoms. The van der Waals surface area contributed by atoms with Crippen LogP contribution in [0.1, 0.15) is 37.3 Å². The lowest BCUT2D eigenvalue weighted by molar-refractivity contribution is -0.121. The molecule has 2 aromatic rings. The number of rotatable bonds is 8. The molecule has 0 radical (unpaired) electrons. The number of halogens is 1. The minimum Gasteiger partial charge on any atom is -0.355 e. The molecule has 0 aromatic heterocycles. The maximum absolute atomic E-state index is 14.3. The first kappa shape index (κ1) is 20.1. The second-order valence-electron chi connectivity index (χ2n) is 6.45. The summed E-state index contributed by atoms with van der Waals surface area (Å²) in [6, 6.07) is 15.6. The first-order valence-electron chi connectivity index (χ1n) is 8.59. The van der Waals surface area contributed by atoms with Crippen molar-refractivity contribution in [1.29, 1.82) is 0 Å². The molecule has 26 heavy (non-hydrogen) atoms. The van der Waals surface area contributed by atoms with E-state index in [0.29, 0.717) is 5.56 Å². The molecule has 0 spiro atoms. The Morgan fingerprint density at radius 1 is 1.04 bits per heavy atom. The largest absolute Gasteiger partial charge is 0.355 e. The Hall–Kier alpha value is -2.21. The van der Waals surface area contributed by atoms with E-state index in [2.05, 4.69) is 5.32 Å². The lowest BCUT2D eigenvalue weighted by atomic mass is 9.88. The van der Waals surface area contributed by atoms with Gasteiger partial charge in [0, 0.05) is 18.9 Å². The summed E-state index contributed by atoms with van der Waals surface area (Å²) in [6.45, 7) is 3.28. The third-order valence-electron chi connectivity index (χ3n) is 4.30. The van der Waals surface area contributed by atoms with E-state index in [9.17, 15) is 17.6 Å². The Kier molecular flexibility index (Phi) is 6.91. The van der Waals surface area contributed by atoms with E-state index in [0.717, 1.165) is 5.56 Å². The van der Waals surface area contributed by atoms with E-state index in [1.165, 1.54) is 6.07 Å². The summed E-state index contributed by atoms with van der Waals surface area (Å²) >= 11 is 0. The van der Waals surface area contributed by atoms with Crippen LogP contribution in [-0.4, -0.2) is 31.9 Å². The molecule has 1 N–H and O–H groups in total. The number of amides is 1. The molecule has 1 atom stereocenters. The van der Waals surface area contributed by atoms with Crippen molar-refractivity contribution in [3.05, 3.63) is 71.5 Å². The van der Waals surface area contributed by atoms with E-state index in [-0.39, 0.29) is 30.4 Å². The zero-order valence-electron chi connectivity index (χ0n) is 15.0. The van der Waals surface area contributed by atoms with Crippen LogP contribution in [0.2, 0.25) is 0 Å². The molecule has 2 aromatic carbocycles. The van der Waals surface area contributed by atoms with Crippen molar-refractivity contribution >= 4 is 15.7 Å². The van der Waals surface area contributed by atoms with Gasteiger partial charge >= 0.3 is 0 Å². The second-order valence-corrected chi connectivity index (χ2v) is 9.13. The molecule has 0 aliphatic rings. The van der Waals surface area contributed by atoms with Gasteiger partial charge < -0.3 is 5.32 Å². The van der Waals surface area contributed by atoms with E-state index < -0.39 is 21.0 Å². The third-order valence-corrected chi connectivity index (χ3v) is 6.51. The number of sulfone groups is 1. The predicted octanol–water partition coefficient (Wildman–Crippen LogP) is 3.29. The molecule has 0 aliphatic carbocycles. The van der Waals surface area contributed by atoms with Crippen molar-refractivity contribution < 1.29 is 17.6 Å². The fourth-order valence-corrected chi connectivity index (χ4v) is 3.53. The molecule has 6 heteroatoms. The topological polar surface area (TPSA) is 63.2 Å². The Morgan fingerprint density at radius 3 is 2.27 bits per heavy atom. The van der Waals surface area contributed by atoms with Gasteiger partial charge in [-0.2, -0.15) is 0 Å². The molecule has 0 heterocycles. The Bertz CT molecular complexity index is 835. The molecule has 0 unspecified atom stereocenters. The highest BCUT2D eigenvalue weighted by molar-refractivity contribution is 7.92. The zero-order valence-corrected chi connectivity index (χ0v) is 15.8. The molecule has 0 fully saturated rings. The fraction of sp³-hybridized carbons (Fsp3) is 0.350. The predicted molar refractivity (Wildman–Crippen MR) is 101 cm³/mol. The number of carbonyl (C=O) groups is 1. The summed E-state index contributed by atoms with van der Waals surface area (Å²) in [7, 11) is -3.21. The van der Waals surface area contributed by atoms with Crippen molar-refractivity contribution in [3.8, 4) is 0 Å². The molecular weight excluding hydrogens is 353 g/mol. The number of hydrogen-bond acceptors (Lipinski definition) is 3. The maximum Gasteiger partial charge on any atom is 0.220 e. The minimum atomic E-state index is -3.21. The Labute approximate surface area is 154 Å². The van der Waals surface area contributed by atoms with Crippen LogP contribution in [0, 0.1) is 5.82 Å². The molecule has 4 nitrogen and oxygen atoms in total. The highest BCUT2D eigenvalue weighted by atomic mass is 32.2. The second kappa shape index (κ2) is 8.94. The lowest BCUT2D eigenvalue weighted by Gasteiger charge is -2.18. The monoisotopic (exact) mass is 377 g/mol. The lowest BCUT2D eigenvalue weighted by Crippen LogP contribution is -2.32. The highest BCUT2D eigenvalue weighted by Crippen LogP contribution is 2.29. The van der Waals surface area contributed by atoms with Gasteiger partial charge in [-0.1, -0.05) is 48.5 Å². The molecule has 2 rings (SSSR count). The van der Waals surface area contributed by atoms with Gasteiger partial charge in [-0.15, -0.1) is 0 Å². The van der Waals surface area contributed by atoms with Gasteiger partial charge in [0.25, 0.3) is 0 Å². The van der Waals surface area contributed by atoms with Gasteiger partial charge in [0.2, 0.25) is 5.91 Å². The molecule has 140 valence electrons.